The minimum Gasteiger partial charge on any atom is -0.338 e. The molecule has 0 aromatic heterocycles. The molecule has 2 aromatic rings. The summed E-state index contributed by atoms with van der Waals surface area (Å²) in [4.78, 5) is 2.62. The molecular weight excluding hydrogens is 350 g/mol. The van der Waals surface area contributed by atoms with Gasteiger partial charge in [0.1, 0.15) is 0 Å². The second-order valence-electron chi connectivity index (χ2n) is 8.45. The maximum atomic E-state index is 2.62. The van der Waals surface area contributed by atoms with E-state index in [-0.39, 0.29) is 0 Å². The zero-order valence-corrected chi connectivity index (χ0v) is 19.0. The first-order valence-corrected chi connectivity index (χ1v) is 12.3. The molecule has 0 spiro atoms. The van der Waals surface area contributed by atoms with E-state index < -0.39 is 0 Å². The number of hydrogen-bond acceptors (Lipinski definition) is 1. The highest BCUT2D eigenvalue weighted by atomic mass is 15.2. The van der Waals surface area contributed by atoms with Gasteiger partial charge in [0.15, 0.2) is 0 Å². The van der Waals surface area contributed by atoms with Crippen LogP contribution in [0, 0.1) is 0 Å². The van der Waals surface area contributed by atoms with Crippen LogP contribution < -0.4 is 4.90 Å². The maximum absolute atomic E-state index is 2.62. The van der Waals surface area contributed by atoms with Crippen molar-refractivity contribution in [2.24, 2.45) is 0 Å². The number of nitrogens with zero attached hydrogens (tertiary/aromatic N) is 1. The third-order valence-corrected chi connectivity index (χ3v) is 5.97. The number of benzene rings is 2. The Bertz CT molecular complexity index is 567. The Balaban J connectivity index is 2.07. The number of rotatable bonds is 16. The lowest BCUT2D eigenvalue weighted by atomic mass is 9.97. The molecule has 0 aliphatic heterocycles. The van der Waals surface area contributed by atoms with E-state index in [1.807, 2.05) is 0 Å². The molecule has 0 bridgehead atoms. The third kappa shape index (κ3) is 9.07. The van der Waals surface area contributed by atoms with E-state index in [2.05, 4.69) is 79.4 Å². The van der Waals surface area contributed by atoms with Crippen molar-refractivity contribution < 1.29 is 0 Å². The van der Waals surface area contributed by atoms with Gasteiger partial charge in [-0.15, -0.1) is 0 Å². The quantitative estimate of drug-likeness (QED) is 0.257. The molecule has 1 nitrogen and oxygen atoms in total. The Morgan fingerprint density at radius 1 is 0.517 bits per heavy atom. The number of hydrogen-bond donors (Lipinski definition) is 0. The molecule has 1 atom stereocenters. The first-order valence-electron chi connectivity index (χ1n) is 12.3. The summed E-state index contributed by atoms with van der Waals surface area (Å²) in [5.41, 5.74) is 2.67. The Morgan fingerprint density at radius 3 is 1.31 bits per heavy atom. The number of unbranched alkanes of at least 4 members (excludes halogenated alkanes) is 9. The van der Waals surface area contributed by atoms with Crippen molar-refractivity contribution in [3.63, 3.8) is 0 Å². The van der Waals surface area contributed by atoms with E-state index in [1.54, 1.807) is 0 Å². The SMILES string of the molecule is CCCCCCCCC(CCCCCCC)N(c1ccccc1)c1ccccc1. The second kappa shape index (κ2) is 15.1. The van der Waals surface area contributed by atoms with Crippen molar-refractivity contribution in [1.29, 1.82) is 0 Å². The molecule has 0 N–H and O–H groups in total. The smallest absolute Gasteiger partial charge is 0.0413 e. The van der Waals surface area contributed by atoms with Gasteiger partial charge >= 0.3 is 0 Å². The largest absolute Gasteiger partial charge is 0.338 e. The molecule has 1 unspecified atom stereocenters. The van der Waals surface area contributed by atoms with Gasteiger partial charge in [-0.3, -0.25) is 0 Å². The first-order chi connectivity index (χ1) is 14.4. The molecule has 0 amide bonds. The molecular formula is C28H43N. The van der Waals surface area contributed by atoms with E-state index in [1.165, 1.54) is 94.8 Å². The highest BCUT2D eigenvalue weighted by molar-refractivity contribution is 5.63. The van der Waals surface area contributed by atoms with Crippen molar-refractivity contribution in [2.45, 2.75) is 103 Å². The van der Waals surface area contributed by atoms with Crippen LogP contribution >= 0.6 is 0 Å². The fourth-order valence-corrected chi connectivity index (χ4v) is 4.29. The monoisotopic (exact) mass is 393 g/mol. The van der Waals surface area contributed by atoms with Gasteiger partial charge in [-0.25, -0.2) is 0 Å². The molecule has 0 saturated carbocycles. The van der Waals surface area contributed by atoms with Crippen LogP contribution in [0.1, 0.15) is 97.3 Å². The van der Waals surface area contributed by atoms with Gasteiger partial charge in [0.25, 0.3) is 0 Å². The fraction of sp³-hybridized carbons (Fsp3) is 0.571. The van der Waals surface area contributed by atoms with Gasteiger partial charge in [0, 0.05) is 17.4 Å². The molecule has 0 aliphatic rings. The maximum Gasteiger partial charge on any atom is 0.0413 e. The zero-order chi connectivity index (χ0) is 20.6. The lowest BCUT2D eigenvalue weighted by molar-refractivity contribution is 0.479. The summed E-state index contributed by atoms with van der Waals surface area (Å²) in [6.07, 6.45) is 17.6. The Hall–Kier alpha value is -1.76. The summed E-state index contributed by atoms with van der Waals surface area (Å²) in [5.74, 6) is 0. The summed E-state index contributed by atoms with van der Waals surface area (Å²) in [6.45, 7) is 4.60. The Labute approximate surface area is 180 Å². The van der Waals surface area contributed by atoms with Gasteiger partial charge in [-0.05, 0) is 37.1 Å². The molecule has 0 heterocycles. The summed E-state index contributed by atoms with van der Waals surface area (Å²) >= 11 is 0. The van der Waals surface area contributed by atoms with Crippen LogP contribution in [0.15, 0.2) is 60.7 Å². The van der Waals surface area contributed by atoms with Crippen LogP contribution in [0.3, 0.4) is 0 Å². The molecule has 0 aliphatic carbocycles. The molecule has 0 saturated heterocycles. The Kier molecular flexibility index (Phi) is 12.3. The third-order valence-electron chi connectivity index (χ3n) is 5.97. The van der Waals surface area contributed by atoms with Gasteiger partial charge in [0.05, 0.1) is 0 Å². The van der Waals surface area contributed by atoms with Crippen LogP contribution in [0.4, 0.5) is 11.4 Å². The van der Waals surface area contributed by atoms with Gasteiger partial charge in [0.2, 0.25) is 0 Å². The molecule has 29 heavy (non-hydrogen) atoms. The average Bonchev–Trinajstić information content (AvgIpc) is 2.77. The summed E-state index contributed by atoms with van der Waals surface area (Å²) in [5, 5.41) is 0. The van der Waals surface area contributed by atoms with Crippen molar-refractivity contribution >= 4 is 11.4 Å². The van der Waals surface area contributed by atoms with Gasteiger partial charge in [-0.2, -0.15) is 0 Å². The Morgan fingerprint density at radius 2 is 0.897 bits per heavy atom. The van der Waals surface area contributed by atoms with E-state index in [0.29, 0.717) is 6.04 Å². The second-order valence-corrected chi connectivity index (χ2v) is 8.45. The zero-order valence-electron chi connectivity index (χ0n) is 19.0. The predicted molar refractivity (Wildman–Crippen MR) is 130 cm³/mol. The minimum absolute atomic E-state index is 0.590. The van der Waals surface area contributed by atoms with Crippen LogP contribution in [0.25, 0.3) is 0 Å². The van der Waals surface area contributed by atoms with Crippen molar-refractivity contribution in [3.05, 3.63) is 60.7 Å². The number of anilines is 2. The summed E-state index contributed by atoms with van der Waals surface area (Å²) < 4.78 is 0. The minimum atomic E-state index is 0.590. The van der Waals surface area contributed by atoms with Crippen LogP contribution in [0.2, 0.25) is 0 Å². The standard InChI is InChI=1S/C28H43N/c1-3-5-7-9-11-15-21-26(20-14-10-8-6-4-2)29(27-22-16-12-17-23-27)28-24-18-13-19-25-28/h12-13,16-19,22-26H,3-11,14-15,20-21H2,1-2H3. The molecule has 0 radical (unpaired) electrons. The van der Waals surface area contributed by atoms with Crippen LogP contribution in [0.5, 0.6) is 0 Å². The summed E-state index contributed by atoms with van der Waals surface area (Å²) in [7, 11) is 0. The normalized spacial score (nSPS) is 12.1. The van der Waals surface area contributed by atoms with Crippen LogP contribution in [-0.2, 0) is 0 Å². The fourth-order valence-electron chi connectivity index (χ4n) is 4.29. The van der Waals surface area contributed by atoms with E-state index >= 15 is 0 Å². The summed E-state index contributed by atoms with van der Waals surface area (Å²) in [6, 6.07) is 22.6. The van der Waals surface area contributed by atoms with Crippen molar-refractivity contribution in [3.8, 4) is 0 Å². The highest BCUT2D eigenvalue weighted by Crippen LogP contribution is 2.32. The lowest BCUT2D eigenvalue weighted by Crippen LogP contribution is -2.31. The van der Waals surface area contributed by atoms with Crippen molar-refractivity contribution in [1.82, 2.24) is 0 Å². The molecule has 2 rings (SSSR count). The molecule has 160 valence electrons. The topological polar surface area (TPSA) is 3.24 Å². The molecule has 0 fully saturated rings. The molecule has 1 heteroatoms. The number of para-hydroxylation sites is 2. The molecule has 2 aromatic carbocycles. The van der Waals surface area contributed by atoms with E-state index in [4.69, 9.17) is 0 Å². The average molecular weight is 394 g/mol. The first kappa shape index (κ1) is 23.5. The van der Waals surface area contributed by atoms with Gasteiger partial charge in [-0.1, -0.05) is 121 Å². The van der Waals surface area contributed by atoms with E-state index in [9.17, 15) is 0 Å². The predicted octanol–water partition coefficient (Wildman–Crippen LogP) is 9.30. The highest BCUT2D eigenvalue weighted by Gasteiger charge is 2.20. The van der Waals surface area contributed by atoms with Crippen LogP contribution in [-0.4, -0.2) is 6.04 Å². The van der Waals surface area contributed by atoms with E-state index in [0.717, 1.165) is 0 Å². The van der Waals surface area contributed by atoms with Gasteiger partial charge < -0.3 is 4.90 Å². The lowest BCUT2D eigenvalue weighted by Gasteiger charge is -2.34. The van der Waals surface area contributed by atoms with Crippen molar-refractivity contribution in [2.75, 3.05) is 4.90 Å².